The summed E-state index contributed by atoms with van der Waals surface area (Å²) >= 11 is 1.57. The topological polar surface area (TPSA) is 43.1 Å². The number of anilines is 1. The fraction of sp³-hybridized carbons (Fsp3) is 0.0833. The summed E-state index contributed by atoms with van der Waals surface area (Å²) in [5.41, 5.74) is 8.59. The highest BCUT2D eigenvalue weighted by Gasteiger charge is 2.06. The van der Waals surface area contributed by atoms with Crippen LogP contribution < -0.4 is 5.73 Å². The molecule has 15 heavy (non-hydrogen) atoms. The third-order valence-corrected chi connectivity index (χ3v) is 3.15. The maximum Gasteiger partial charge on any atom is 0.150 e. The van der Waals surface area contributed by atoms with Crippen LogP contribution in [0.3, 0.4) is 0 Å². The molecular weight excluding hydrogens is 206 g/mol. The van der Waals surface area contributed by atoms with Crippen LogP contribution in [0.2, 0.25) is 0 Å². The van der Waals surface area contributed by atoms with Crippen molar-refractivity contribution < 1.29 is 4.79 Å². The molecule has 0 bridgehead atoms. The number of nitrogen functional groups attached to an aromatic ring is 1. The molecule has 1 aromatic heterocycles. The molecule has 2 nitrogen and oxygen atoms in total. The zero-order valence-electron chi connectivity index (χ0n) is 8.36. The van der Waals surface area contributed by atoms with Gasteiger partial charge in [-0.1, -0.05) is 18.2 Å². The fourth-order valence-electron chi connectivity index (χ4n) is 1.57. The molecule has 0 aliphatic heterocycles. The molecule has 0 aliphatic carbocycles. The van der Waals surface area contributed by atoms with Gasteiger partial charge in [0.05, 0.1) is 5.00 Å². The van der Waals surface area contributed by atoms with Crippen LogP contribution in [0.5, 0.6) is 0 Å². The maximum absolute atomic E-state index is 10.7. The molecule has 76 valence electrons. The van der Waals surface area contributed by atoms with E-state index in [1.54, 1.807) is 17.4 Å². The Morgan fingerprint density at radius 1 is 1.33 bits per heavy atom. The number of hydrogen-bond acceptors (Lipinski definition) is 3. The van der Waals surface area contributed by atoms with E-state index in [1.807, 2.05) is 31.2 Å². The SMILES string of the molecule is Cc1sc(N)cc1-c1cccc(C=O)c1. The van der Waals surface area contributed by atoms with E-state index in [-0.39, 0.29) is 0 Å². The van der Waals surface area contributed by atoms with Crippen molar-refractivity contribution in [1.29, 1.82) is 0 Å². The molecule has 0 aliphatic rings. The second kappa shape index (κ2) is 3.87. The summed E-state index contributed by atoms with van der Waals surface area (Å²) in [5, 5.41) is 0.805. The Balaban J connectivity index is 2.53. The number of nitrogens with two attached hydrogens (primary N) is 1. The fourth-order valence-corrected chi connectivity index (χ4v) is 2.39. The van der Waals surface area contributed by atoms with Gasteiger partial charge in [0.2, 0.25) is 0 Å². The molecule has 3 heteroatoms. The molecule has 0 spiro atoms. The van der Waals surface area contributed by atoms with E-state index in [0.29, 0.717) is 5.56 Å². The van der Waals surface area contributed by atoms with Gasteiger partial charge in [-0.25, -0.2) is 0 Å². The Labute approximate surface area is 92.4 Å². The van der Waals surface area contributed by atoms with Crippen LogP contribution in [0, 0.1) is 6.92 Å². The normalized spacial score (nSPS) is 10.2. The van der Waals surface area contributed by atoms with Crippen LogP contribution in [-0.2, 0) is 0 Å². The van der Waals surface area contributed by atoms with Crippen molar-refractivity contribution in [3.63, 3.8) is 0 Å². The van der Waals surface area contributed by atoms with Crippen molar-refractivity contribution in [2.75, 3.05) is 5.73 Å². The van der Waals surface area contributed by atoms with Crippen molar-refractivity contribution in [3.05, 3.63) is 40.8 Å². The lowest BCUT2D eigenvalue weighted by atomic mass is 10.0. The average molecular weight is 217 g/mol. The summed E-state index contributed by atoms with van der Waals surface area (Å²) in [6, 6.07) is 9.49. The summed E-state index contributed by atoms with van der Waals surface area (Å²) < 4.78 is 0. The Hall–Kier alpha value is -1.61. The van der Waals surface area contributed by atoms with E-state index in [2.05, 4.69) is 0 Å². The highest BCUT2D eigenvalue weighted by Crippen LogP contribution is 2.32. The highest BCUT2D eigenvalue weighted by atomic mass is 32.1. The quantitative estimate of drug-likeness (QED) is 0.785. The van der Waals surface area contributed by atoms with Gasteiger partial charge in [0.15, 0.2) is 0 Å². The lowest BCUT2D eigenvalue weighted by molar-refractivity contribution is 0.112. The van der Waals surface area contributed by atoms with E-state index < -0.39 is 0 Å². The van der Waals surface area contributed by atoms with Crippen LogP contribution in [0.1, 0.15) is 15.2 Å². The van der Waals surface area contributed by atoms with Crippen molar-refractivity contribution >= 4 is 22.6 Å². The molecular formula is C12H11NOS. The minimum Gasteiger partial charge on any atom is -0.391 e. The number of aldehydes is 1. The molecule has 0 radical (unpaired) electrons. The second-order valence-corrected chi connectivity index (χ2v) is 4.65. The van der Waals surface area contributed by atoms with E-state index >= 15 is 0 Å². The van der Waals surface area contributed by atoms with Gasteiger partial charge in [0, 0.05) is 10.4 Å². The van der Waals surface area contributed by atoms with Crippen molar-refractivity contribution in [1.82, 2.24) is 0 Å². The Morgan fingerprint density at radius 2 is 2.13 bits per heavy atom. The Morgan fingerprint density at radius 3 is 2.73 bits per heavy atom. The molecule has 0 atom stereocenters. The van der Waals surface area contributed by atoms with Crippen molar-refractivity contribution in [3.8, 4) is 11.1 Å². The van der Waals surface area contributed by atoms with E-state index in [0.717, 1.165) is 22.4 Å². The van der Waals surface area contributed by atoms with Gasteiger partial charge in [0.25, 0.3) is 0 Å². The van der Waals surface area contributed by atoms with E-state index in [4.69, 9.17) is 5.73 Å². The third-order valence-electron chi connectivity index (χ3n) is 2.27. The van der Waals surface area contributed by atoms with Crippen LogP contribution >= 0.6 is 11.3 Å². The van der Waals surface area contributed by atoms with Crippen molar-refractivity contribution in [2.24, 2.45) is 0 Å². The molecule has 1 aromatic carbocycles. The minimum atomic E-state index is 0.691. The molecule has 0 amide bonds. The molecule has 0 fully saturated rings. The molecule has 0 saturated carbocycles. The van der Waals surface area contributed by atoms with Gasteiger partial charge in [-0.3, -0.25) is 4.79 Å². The third kappa shape index (κ3) is 1.92. The standard InChI is InChI=1S/C12H11NOS/c1-8-11(6-12(13)15-8)10-4-2-3-9(5-10)7-14/h2-7H,13H2,1H3. The van der Waals surface area contributed by atoms with Gasteiger partial charge in [0.1, 0.15) is 6.29 Å². The van der Waals surface area contributed by atoms with Crippen LogP contribution in [0.15, 0.2) is 30.3 Å². The first-order valence-corrected chi connectivity index (χ1v) is 5.44. The summed E-state index contributed by atoms with van der Waals surface area (Å²) in [5.74, 6) is 0. The molecule has 2 N–H and O–H groups in total. The number of benzene rings is 1. The van der Waals surface area contributed by atoms with E-state index in [1.165, 1.54) is 4.88 Å². The zero-order chi connectivity index (χ0) is 10.8. The lowest BCUT2D eigenvalue weighted by Gasteiger charge is -2.00. The largest absolute Gasteiger partial charge is 0.391 e. The minimum absolute atomic E-state index is 0.691. The van der Waals surface area contributed by atoms with E-state index in [9.17, 15) is 4.79 Å². The molecule has 2 rings (SSSR count). The Bertz CT molecular complexity index is 502. The Kier molecular flexibility index (Phi) is 2.56. The van der Waals surface area contributed by atoms with Gasteiger partial charge >= 0.3 is 0 Å². The number of aryl methyl sites for hydroxylation is 1. The molecule has 0 unspecified atom stereocenters. The molecule has 0 saturated heterocycles. The van der Waals surface area contributed by atoms with Gasteiger partial charge in [-0.05, 0) is 30.2 Å². The monoisotopic (exact) mass is 217 g/mol. The number of hydrogen-bond donors (Lipinski definition) is 1. The second-order valence-electron chi connectivity index (χ2n) is 3.36. The zero-order valence-corrected chi connectivity index (χ0v) is 9.17. The number of rotatable bonds is 2. The van der Waals surface area contributed by atoms with Gasteiger partial charge < -0.3 is 5.73 Å². The smallest absolute Gasteiger partial charge is 0.150 e. The molecule has 1 heterocycles. The summed E-state index contributed by atoms with van der Waals surface area (Å²) in [6.45, 7) is 2.03. The maximum atomic E-state index is 10.7. The summed E-state index contributed by atoms with van der Waals surface area (Å²) in [6.07, 6.45) is 0.856. The predicted octanol–water partition coefficient (Wildman–Crippen LogP) is 3.12. The van der Waals surface area contributed by atoms with Crippen LogP contribution in [-0.4, -0.2) is 6.29 Å². The summed E-state index contributed by atoms with van der Waals surface area (Å²) in [7, 11) is 0. The average Bonchev–Trinajstić information content (AvgIpc) is 2.58. The first-order chi connectivity index (χ1) is 7.20. The number of thiophene rings is 1. The van der Waals surface area contributed by atoms with Gasteiger partial charge in [-0.15, -0.1) is 11.3 Å². The lowest BCUT2D eigenvalue weighted by Crippen LogP contribution is -1.82. The first kappa shape index (κ1) is 9.93. The van der Waals surface area contributed by atoms with Gasteiger partial charge in [-0.2, -0.15) is 0 Å². The first-order valence-electron chi connectivity index (χ1n) is 4.62. The highest BCUT2D eigenvalue weighted by molar-refractivity contribution is 7.16. The predicted molar refractivity (Wildman–Crippen MR) is 64.3 cm³/mol. The summed E-state index contributed by atoms with van der Waals surface area (Å²) in [4.78, 5) is 11.8. The number of carbonyl (C=O) groups is 1. The van der Waals surface area contributed by atoms with Crippen molar-refractivity contribution in [2.45, 2.75) is 6.92 Å². The van der Waals surface area contributed by atoms with Crippen LogP contribution in [0.4, 0.5) is 5.00 Å². The van der Waals surface area contributed by atoms with Crippen LogP contribution in [0.25, 0.3) is 11.1 Å². The molecule has 2 aromatic rings. The number of carbonyl (C=O) groups excluding carboxylic acids is 1.